The van der Waals surface area contributed by atoms with Crippen LogP contribution < -0.4 is 5.32 Å². The van der Waals surface area contributed by atoms with Crippen molar-refractivity contribution in [2.75, 3.05) is 13.1 Å². The molecule has 0 aromatic heterocycles. The van der Waals surface area contributed by atoms with E-state index in [2.05, 4.69) is 12.2 Å². The lowest BCUT2D eigenvalue weighted by atomic mass is 10.1. The summed E-state index contributed by atoms with van der Waals surface area (Å²) in [6.45, 7) is 5.82. The lowest BCUT2D eigenvalue weighted by Crippen LogP contribution is -2.18. The minimum Gasteiger partial charge on any atom is -0.316 e. The number of Topliss-reactive ketones (excluding diaryl/α,β-unsaturated/α-hetero) is 1. The van der Waals surface area contributed by atoms with Crippen LogP contribution in [0.1, 0.15) is 65.2 Å². The van der Waals surface area contributed by atoms with Gasteiger partial charge in [-0.1, -0.05) is 45.4 Å². The van der Waals surface area contributed by atoms with E-state index in [1.807, 2.05) is 0 Å². The average Bonchev–Trinajstić information content (AvgIpc) is 2.20. The van der Waals surface area contributed by atoms with Gasteiger partial charge in [0.05, 0.1) is 0 Å². The number of unbranched alkanes of at least 4 members (excludes halogenated alkanes) is 6. The molecule has 0 unspecified atom stereocenters. The second-order valence-electron chi connectivity index (χ2n) is 4.32. The lowest BCUT2D eigenvalue weighted by molar-refractivity contribution is -0.116. The number of carbonyl (C=O) groups is 1. The minimum absolute atomic E-state index is 0.280. The molecule has 15 heavy (non-hydrogen) atoms. The van der Waals surface area contributed by atoms with Crippen LogP contribution in [0.15, 0.2) is 0 Å². The summed E-state index contributed by atoms with van der Waals surface area (Å²) in [4.78, 5) is 10.6. The number of nitrogens with one attached hydrogen (secondary N) is 1. The molecular formula is C13H27NO. The third-order valence-electron chi connectivity index (χ3n) is 2.61. The van der Waals surface area contributed by atoms with Crippen LogP contribution in [0.5, 0.6) is 0 Å². The summed E-state index contributed by atoms with van der Waals surface area (Å²) >= 11 is 0. The van der Waals surface area contributed by atoms with E-state index in [1.165, 1.54) is 44.9 Å². The van der Waals surface area contributed by atoms with Gasteiger partial charge in [0.1, 0.15) is 5.78 Å². The van der Waals surface area contributed by atoms with Crippen molar-refractivity contribution in [3.05, 3.63) is 0 Å². The summed E-state index contributed by atoms with van der Waals surface area (Å²) in [6, 6.07) is 0. The van der Waals surface area contributed by atoms with Crippen LogP contribution in [-0.2, 0) is 4.79 Å². The van der Waals surface area contributed by atoms with Gasteiger partial charge in [-0.2, -0.15) is 0 Å². The van der Waals surface area contributed by atoms with Crippen LogP contribution in [0.3, 0.4) is 0 Å². The van der Waals surface area contributed by atoms with Crippen molar-refractivity contribution in [3.8, 4) is 0 Å². The van der Waals surface area contributed by atoms with E-state index in [4.69, 9.17) is 0 Å². The predicted octanol–water partition coefficient (Wildman–Crippen LogP) is 3.31. The molecule has 0 radical (unpaired) electrons. The van der Waals surface area contributed by atoms with Crippen molar-refractivity contribution in [1.82, 2.24) is 5.32 Å². The molecule has 0 aliphatic rings. The van der Waals surface area contributed by atoms with Crippen LogP contribution in [0.25, 0.3) is 0 Å². The van der Waals surface area contributed by atoms with Crippen LogP contribution in [-0.4, -0.2) is 18.9 Å². The van der Waals surface area contributed by atoms with Crippen LogP contribution in [0, 0.1) is 0 Å². The van der Waals surface area contributed by atoms with Crippen molar-refractivity contribution in [2.45, 2.75) is 65.2 Å². The quantitative estimate of drug-likeness (QED) is 0.533. The molecule has 2 nitrogen and oxygen atoms in total. The maximum absolute atomic E-state index is 10.6. The highest BCUT2D eigenvalue weighted by molar-refractivity contribution is 5.75. The molecule has 0 amide bonds. The summed E-state index contributed by atoms with van der Waals surface area (Å²) < 4.78 is 0. The van der Waals surface area contributed by atoms with Crippen molar-refractivity contribution in [3.63, 3.8) is 0 Å². The number of hydrogen-bond donors (Lipinski definition) is 1. The maximum Gasteiger partial charge on any atom is 0.131 e. The number of hydrogen-bond acceptors (Lipinski definition) is 2. The number of ketones is 1. The van der Waals surface area contributed by atoms with Gasteiger partial charge < -0.3 is 5.32 Å². The standard InChI is InChI=1S/C13H27NO/c1-3-4-5-6-7-8-9-11-14-12-10-13(2)15/h14H,3-12H2,1-2H3. The Bertz CT molecular complexity index is 145. The Morgan fingerprint density at radius 3 is 2.13 bits per heavy atom. The van der Waals surface area contributed by atoms with Crippen LogP contribution >= 0.6 is 0 Å². The zero-order chi connectivity index (χ0) is 11.4. The number of rotatable bonds is 11. The smallest absolute Gasteiger partial charge is 0.131 e. The van der Waals surface area contributed by atoms with Crippen LogP contribution in [0.4, 0.5) is 0 Å². The third kappa shape index (κ3) is 13.6. The Balaban J connectivity index is 2.89. The van der Waals surface area contributed by atoms with Gasteiger partial charge in [-0.15, -0.1) is 0 Å². The van der Waals surface area contributed by atoms with E-state index >= 15 is 0 Å². The van der Waals surface area contributed by atoms with E-state index in [0.29, 0.717) is 6.42 Å². The Morgan fingerprint density at radius 2 is 1.53 bits per heavy atom. The molecule has 0 atom stereocenters. The van der Waals surface area contributed by atoms with E-state index in [0.717, 1.165) is 13.1 Å². The van der Waals surface area contributed by atoms with Gasteiger partial charge in [0.25, 0.3) is 0 Å². The van der Waals surface area contributed by atoms with Gasteiger partial charge in [0.15, 0.2) is 0 Å². The largest absolute Gasteiger partial charge is 0.316 e. The maximum atomic E-state index is 10.6. The Hall–Kier alpha value is -0.370. The lowest BCUT2D eigenvalue weighted by Gasteiger charge is -2.03. The van der Waals surface area contributed by atoms with E-state index in [9.17, 15) is 4.79 Å². The summed E-state index contributed by atoms with van der Waals surface area (Å²) in [5.41, 5.74) is 0. The summed E-state index contributed by atoms with van der Waals surface area (Å²) in [5.74, 6) is 0.280. The summed E-state index contributed by atoms with van der Waals surface area (Å²) in [7, 11) is 0. The SMILES string of the molecule is CCCCCCCCCNCCC(C)=O. The van der Waals surface area contributed by atoms with Crippen molar-refractivity contribution in [1.29, 1.82) is 0 Å². The molecule has 1 N–H and O–H groups in total. The van der Waals surface area contributed by atoms with Crippen molar-refractivity contribution < 1.29 is 4.79 Å². The zero-order valence-corrected chi connectivity index (χ0v) is 10.5. The summed E-state index contributed by atoms with van der Waals surface area (Å²) in [6.07, 6.45) is 10.1. The average molecular weight is 213 g/mol. The molecule has 0 saturated heterocycles. The Kier molecular flexibility index (Phi) is 11.4. The van der Waals surface area contributed by atoms with Crippen LogP contribution in [0.2, 0.25) is 0 Å². The molecule has 0 aromatic carbocycles. The van der Waals surface area contributed by atoms with E-state index in [1.54, 1.807) is 6.92 Å². The fraction of sp³-hybridized carbons (Fsp3) is 0.923. The minimum atomic E-state index is 0.280. The molecule has 0 saturated carbocycles. The van der Waals surface area contributed by atoms with Crippen molar-refractivity contribution >= 4 is 5.78 Å². The molecule has 0 heterocycles. The molecule has 0 spiro atoms. The number of carbonyl (C=O) groups excluding carboxylic acids is 1. The monoisotopic (exact) mass is 213 g/mol. The third-order valence-corrected chi connectivity index (χ3v) is 2.61. The molecule has 0 fully saturated rings. The van der Waals surface area contributed by atoms with E-state index in [-0.39, 0.29) is 5.78 Å². The highest BCUT2D eigenvalue weighted by Gasteiger charge is 1.93. The molecule has 0 aliphatic carbocycles. The van der Waals surface area contributed by atoms with Gasteiger partial charge in [-0.05, 0) is 19.9 Å². The summed E-state index contributed by atoms with van der Waals surface area (Å²) in [5, 5.41) is 3.30. The molecule has 90 valence electrons. The first-order valence-electron chi connectivity index (χ1n) is 6.47. The van der Waals surface area contributed by atoms with Gasteiger partial charge in [-0.3, -0.25) is 4.79 Å². The molecule has 0 bridgehead atoms. The van der Waals surface area contributed by atoms with Gasteiger partial charge in [0.2, 0.25) is 0 Å². The molecular weight excluding hydrogens is 186 g/mol. The first-order chi connectivity index (χ1) is 7.27. The zero-order valence-electron chi connectivity index (χ0n) is 10.5. The second kappa shape index (κ2) is 11.7. The highest BCUT2D eigenvalue weighted by atomic mass is 16.1. The van der Waals surface area contributed by atoms with Gasteiger partial charge >= 0.3 is 0 Å². The molecule has 0 rings (SSSR count). The first-order valence-corrected chi connectivity index (χ1v) is 6.47. The normalized spacial score (nSPS) is 10.5. The fourth-order valence-corrected chi connectivity index (χ4v) is 1.60. The van der Waals surface area contributed by atoms with Gasteiger partial charge in [0, 0.05) is 13.0 Å². The highest BCUT2D eigenvalue weighted by Crippen LogP contribution is 2.06. The topological polar surface area (TPSA) is 29.1 Å². The van der Waals surface area contributed by atoms with E-state index < -0.39 is 0 Å². The van der Waals surface area contributed by atoms with Crippen molar-refractivity contribution in [2.24, 2.45) is 0 Å². The molecule has 0 aromatic rings. The van der Waals surface area contributed by atoms with Gasteiger partial charge in [-0.25, -0.2) is 0 Å². The molecule has 0 aliphatic heterocycles. The molecule has 2 heteroatoms. The second-order valence-corrected chi connectivity index (χ2v) is 4.32. The fourth-order valence-electron chi connectivity index (χ4n) is 1.60. The Labute approximate surface area is 94.8 Å². The Morgan fingerprint density at radius 1 is 0.933 bits per heavy atom. The first kappa shape index (κ1) is 14.6. The predicted molar refractivity (Wildman–Crippen MR) is 66.2 cm³/mol.